The summed E-state index contributed by atoms with van der Waals surface area (Å²) in [6.45, 7) is 8.72. The summed E-state index contributed by atoms with van der Waals surface area (Å²) in [5.74, 6) is 0. The van der Waals surface area contributed by atoms with Gasteiger partial charge >= 0.3 is 0 Å². The molecule has 3 heterocycles. The van der Waals surface area contributed by atoms with Gasteiger partial charge in [-0.2, -0.15) is 4.31 Å². The first-order chi connectivity index (χ1) is 13.7. The number of anilines is 1. The molecule has 0 spiro atoms. The average molecular weight is 433 g/mol. The summed E-state index contributed by atoms with van der Waals surface area (Å²) >= 11 is 1.37. The summed E-state index contributed by atoms with van der Waals surface area (Å²) in [5, 5.41) is 0. The molecule has 0 N–H and O–H groups in total. The lowest BCUT2D eigenvalue weighted by Crippen LogP contribution is -2.54. The zero-order chi connectivity index (χ0) is 20.9. The fourth-order valence-corrected chi connectivity index (χ4v) is 6.49. The first-order valence-electron chi connectivity index (χ1n) is 9.51. The third kappa shape index (κ3) is 3.47. The molecule has 0 saturated carbocycles. The van der Waals surface area contributed by atoms with Crippen LogP contribution in [0.5, 0.6) is 0 Å². The molecule has 1 fully saturated rings. The van der Waals surface area contributed by atoms with Gasteiger partial charge in [0.2, 0.25) is 0 Å². The van der Waals surface area contributed by atoms with Gasteiger partial charge in [-0.25, -0.2) is 13.4 Å². The van der Waals surface area contributed by atoms with Gasteiger partial charge < -0.3 is 4.90 Å². The zero-order valence-corrected chi connectivity index (χ0v) is 18.5. The fourth-order valence-electron chi connectivity index (χ4n) is 3.90. The van der Waals surface area contributed by atoms with E-state index >= 15 is 0 Å². The van der Waals surface area contributed by atoms with Crippen LogP contribution in [0.1, 0.15) is 23.1 Å². The highest BCUT2D eigenvalue weighted by atomic mass is 32.2. The van der Waals surface area contributed by atoms with E-state index in [0.717, 1.165) is 10.6 Å². The molecule has 9 heteroatoms. The van der Waals surface area contributed by atoms with Gasteiger partial charge in [0.15, 0.2) is 9.86 Å². The molecular formula is C20H24N4O3S2. The topological polar surface area (TPSA) is 75.0 Å². The minimum absolute atomic E-state index is 0.0107. The number of benzene rings is 1. The van der Waals surface area contributed by atoms with Crippen LogP contribution in [0.25, 0.3) is 4.96 Å². The summed E-state index contributed by atoms with van der Waals surface area (Å²) in [7, 11) is -3.94. The van der Waals surface area contributed by atoms with Crippen molar-refractivity contribution < 1.29 is 8.42 Å². The highest BCUT2D eigenvalue weighted by Gasteiger charge is 2.36. The van der Waals surface area contributed by atoms with Gasteiger partial charge in [-0.05, 0) is 45.4 Å². The van der Waals surface area contributed by atoms with Crippen molar-refractivity contribution in [1.29, 1.82) is 0 Å². The number of thiazole rings is 1. The van der Waals surface area contributed by atoms with Crippen LogP contribution in [-0.2, 0) is 10.0 Å². The first-order valence-corrected chi connectivity index (χ1v) is 11.8. The summed E-state index contributed by atoms with van der Waals surface area (Å²) in [5.41, 5.74) is 1.98. The van der Waals surface area contributed by atoms with Crippen molar-refractivity contribution >= 4 is 32.0 Å². The third-order valence-corrected chi connectivity index (χ3v) is 8.19. The van der Waals surface area contributed by atoms with Gasteiger partial charge in [-0.1, -0.05) is 12.1 Å². The number of rotatable bonds is 3. The van der Waals surface area contributed by atoms with Crippen LogP contribution in [0.15, 0.2) is 40.2 Å². The quantitative estimate of drug-likeness (QED) is 0.636. The van der Waals surface area contributed by atoms with E-state index in [1.165, 1.54) is 25.6 Å². The van der Waals surface area contributed by atoms with Gasteiger partial charge in [0.05, 0.1) is 5.69 Å². The van der Waals surface area contributed by atoms with Gasteiger partial charge in [-0.3, -0.25) is 9.20 Å². The summed E-state index contributed by atoms with van der Waals surface area (Å²) in [6, 6.07) is 8.19. The number of aryl methyl sites for hydroxylation is 3. The maximum atomic E-state index is 13.4. The Morgan fingerprint density at radius 3 is 2.62 bits per heavy atom. The molecule has 4 rings (SSSR count). The van der Waals surface area contributed by atoms with Crippen molar-refractivity contribution in [2.45, 2.75) is 38.6 Å². The smallest absolute Gasteiger partial charge is 0.279 e. The Kier molecular flexibility index (Phi) is 5.00. The normalized spacial score (nSPS) is 18.5. The van der Waals surface area contributed by atoms with E-state index in [1.807, 2.05) is 39.0 Å². The van der Waals surface area contributed by atoms with Gasteiger partial charge in [0, 0.05) is 42.4 Å². The van der Waals surface area contributed by atoms with Crippen LogP contribution >= 0.6 is 11.3 Å². The highest BCUT2D eigenvalue weighted by Crippen LogP contribution is 2.25. The minimum Gasteiger partial charge on any atom is -0.366 e. The van der Waals surface area contributed by atoms with Gasteiger partial charge in [0.25, 0.3) is 15.6 Å². The molecule has 0 bridgehead atoms. The van der Waals surface area contributed by atoms with Crippen LogP contribution in [0.2, 0.25) is 0 Å². The van der Waals surface area contributed by atoms with Crippen LogP contribution in [-0.4, -0.2) is 47.8 Å². The fraction of sp³-hybridized carbons (Fsp3) is 0.400. The van der Waals surface area contributed by atoms with Crippen LogP contribution in [0.4, 0.5) is 5.69 Å². The zero-order valence-electron chi connectivity index (χ0n) is 16.9. The molecule has 1 saturated heterocycles. The number of sulfonamides is 1. The van der Waals surface area contributed by atoms with Crippen molar-refractivity contribution in [2.24, 2.45) is 0 Å². The summed E-state index contributed by atoms with van der Waals surface area (Å²) in [6.07, 6.45) is 1.64. The maximum absolute atomic E-state index is 13.4. The van der Waals surface area contributed by atoms with E-state index in [9.17, 15) is 13.2 Å². The van der Waals surface area contributed by atoms with E-state index in [2.05, 4.69) is 16.0 Å². The second-order valence-electron chi connectivity index (χ2n) is 7.57. The molecule has 0 radical (unpaired) electrons. The second kappa shape index (κ2) is 7.23. The highest BCUT2D eigenvalue weighted by molar-refractivity contribution is 7.89. The SMILES string of the molecule is Cc1cccc(N2CCN(S(=O)(=O)c3c(C)nc4sc(C)cn4c3=O)CC2C)c1. The number of piperazine rings is 1. The lowest BCUT2D eigenvalue weighted by molar-refractivity contribution is 0.342. The largest absolute Gasteiger partial charge is 0.366 e. The molecule has 1 atom stereocenters. The molecule has 0 amide bonds. The van der Waals surface area contributed by atoms with Crippen molar-refractivity contribution in [3.63, 3.8) is 0 Å². The lowest BCUT2D eigenvalue weighted by atomic mass is 10.1. The Hall–Kier alpha value is -2.23. The summed E-state index contributed by atoms with van der Waals surface area (Å²) < 4.78 is 29.5. The molecule has 2 aromatic heterocycles. The predicted molar refractivity (Wildman–Crippen MR) is 116 cm³/mol. The molecule has 1 aliphatic rings. The molecule has 7 nitrogen and oxygen atoms in total. The number of hydrogen-bond acceptors (Lipinski definition) is 6. The van der Waals surface area contributed by atoms with Crippen molar-refractivity contribution in [1.82, 2.24) is 13.7 Å². The van der Waals surface area contributed by atoms with E-state index < -0.39 is 15.6 Å². The number of aromatic nitrogens is 2. The molecule has 1 aromatic carbocycles. The standard InChI is InChI=1S/C20H24N4O3S2/c1-13-6-5-7-17(10-13)23-9-8-22(11-14(23)2)29(26,27)18-16(4)21-20-24(19(18)25)12-15(3)28-20/h5-7,10,12,14H,8-9,11H2,1-4H3. The van der Waals surface area contributed by atoms with E-state index in [4.69, 9.17) is 0 Å². The first kappa shape index (κ1) is 20.1. The van der Waals surface area contributed by atoms with Crippen LogP contribution < -0.4 is 10.5 Å². The Morgan fingerprint density at radius 2 is 1.93 bits per heavy atom. The van der Waals surface area contributed by atoms with Crippen LogP contribution in [0, 0.1) is 20.8 Å². The Labute approximate surface area is 174 Å². The van der Waals surface area contributed by atoms with Crippen LogP contribution in [0.3, 0.4) is 0 Å². The number of fused-ring (bicyclic) bond motifs is 1. The Bertz CT molecular complexity index is 1250. The monoisotopic (exact) mass is 432 g/mol. The number of hydrogen-bond donors (Lipinski definition) is 0. The average Bonchev–Trinajstić information content (AvgIpc) is 3.02. The molecule has 3 aromatic rings. The third-order valence-electron chi connectivity index (χ3n) is 5.30. The molecule has 1 unspecified atom stereocenters. The van der Waals surface area contributed by atoms with Gasteiger partial charge in [-0.15, -0.1) is 11.3 Å². The second-order valence-corrected chi connectivity index (χ2v) is 10.7. The van der Waals surface area contributed by atoms with Crippen molar-refractivity contribution in [2.75, 3.05) is 24.5 Å². The van der Waals surface area contributed by atoms with Gasteiger partial charge in [0.1, 0.15) is 0 Å². The van der Waals surface area contributed by atoms with E-state index in [0.29, 0.717) is 24.6 Å². The lowest BCUT2D eigenvalue weighted by Gasteiger charge is -2.40. The predicted octanol–water partition coefficient (Wildman–Crippen LogP) is 2.58. The maximum Gasteiger partial charge on any atom is 0.279 e. The molecule has 1 aliphatic heterocycles. The van der Waals surface area contributed by atoms with Crippen molar-refractivity contribution in [3.8, 4) is 0 Å². The van der Waals surface area contributed by atoms with E-state index in [1.54, 1.807) is 13.1 Å². The minimum atomic E-state index is -3.94. The molecular weight excluding hydrogens is 408 g/mol. The molecule has 154 valence electrons. The molecule has 29 heavy (non-hydrogen) atoms. The number of nitrogens with zero attached hydrogens (tertiary/aromatic N) is 4. The summed E-state index contributed by atoms with van der Waals surface area (Å²) in [4.78, 5) is 20.8. The molecule has 0 aliphatic carbocycles. The van der Waals surface area contributed by atoms with E-state index in [-0.39, 0.29) is 16.6 Å². The van der Waals surface area contributed by atoms with Crippen molar-refractivity contribution in [3.05, 3.63) is 57.0 Å². The Morgan fingerprint density at radius 1 is 1.17 bits per heavy atom. The Balaban J connectivity index is 1.67.